The van der Waals surface area contributed by atoms with Crippen LogP contribution in [-0.2, 0) is 32.1 Å². The molecule has 0 aliphatic carbocycles. The second kappa shape index (κ2) is 68.7. The van der Waals surface area contributed by atoms with Crippen LogP contribution in [0.15, 0.2) is 0 Å². The molecular weight excluding hydrogens is 1730 g/mol. The van der Waals surface area contributed by atoms with E-state index in [4.69, 9.17) is 0 Å². The minimum atomic E-state index is -7.22. The summed E-state index contributed by atoms with van der Waals surface area (Å²) in [5, 5.41) is 0. The van der Waals surface area contributed by atoms with Crippen molar-refractivity contribution in [3.8, 4) is 0 Å². The van der Waals surface area contributed by atoms with E-state index in [1.54, 1.807) is 0 Å². The van der Waals surface area contributed by atoms with E-state index in [1.165, 1.54) is 467 Å². The predicted octanol–water partition coefficient (Wildman–Crippen LogP) is 36.7. The zero-order valence-corrected chi connectivity index (χ0v) is 82.5. The molecule has 5 rings (SSSR count). The molecule has 0 saturated heterocycles. The van der Waals surface area contributed by atoms with E-state index in [0.29, 0.717) is 0 Å². The van der Waals surface area contributed by atoms with Crippen molar-refractivity contribution >= 4 is 33.7 Å². The van der Waals surface area contributed by atoms with E-state index in [1.807, 2.05) is 33.5 Å². The van der Waals surface area contributed by atoms with Gasteiger partial charge in [-0.05, 0) is 119 Å². The summed E-state index contributed by atoms with van der Waals surface area (Å²) in [6.07, 6.45) is 91.5. The van der Waals surface area contributed by atoms with Crippen LogP contribution in [0.2, 0.25) is 0 Å². The molecule has 22 heteroatoms. The monoisotopic (exact) mass is 1890 g/mol. The molecule has 0 radical (unpaired) electrons. The Bertz CT molecular complexity index is 3500. The molecule has 0 saturated carbocycles. The van der Waals surface area contributed by atoms with Gasteiger partial charge in [-0.2, -0.15) is 0 Å². The lowest BCUT2D eigenvalue weighted by Gasteiger charge is -2.44. The van der Waals surface area contributed by atoms with Crippen molar-refractivity contribution in [1.82, 2.24) is 4.48 Å². The summed E-state index contributed by atoms with van der Waals surface area (Å²) >= 11 is 0. The van der Waals surface area contributed by atoms with E-state index in [2.05, 4.69) is 55.4 Å². The highest BCUT2D eigenvalue weighted by Crippen LogP contribution is 2.45. The fraction of sp³-hybridized carbons (Fsp3) is 0.727. The third-order valence-corrected chi connectivity index (χ3v) is 27.9. The molecule has 0 atom stereocenters. The maximum absolute atomic E-state index is 15.4. The quantitative estimate of drug-likeness (QED) is 0.00909. The van der Waals surface area contributed by atoms with Crippen molar-refractivity contribution < 1.29 is 87.8 Å². The van der Waals surface area contributed by atoms with Crippen LogP contribution in [0.4, 0.5) is 93.5 Å². The summed E-state index contributed by atoms with van der Waals surface area (Å²) in [5.41, 5.74) is -2.33. The van der Waals surface area contributed by atoms with Gasteiger partial charge in [0.05, 0.1) is 19.6 Å². The normalized spacial score (nSPS) is 12.0. The number of halogens is 20. The van der Waals surface area contributed by atoms with Crippen LogP contribution in [0, 0.1) is 116 Å². The van der Waals surface area contributed by atoms with Gasteiger partial charge in [0.1, 0.15) is 58.4 Å². The van der Waals surface area contributed by atoms with Crippen LogP contribution in [0.3, 0.4) is 0 Å². The standard InChI is InChI=1S/C86H168N.C24BF20/c1-9-17-25-33-41-49-57-65-73-81-82(74-66-58-50-42-34-26-18-10-2)84(76-68-60-52-44-36-28-20-12-4)86(85(77-69-61-53-45-37-29-21-13-5)83(81)75-67-59-51-43-35-27-19-11-3)87(78-70-62-54-46-38-30-22-14-6,79-71-63-55-47-39-31-23-15-7)80-72-64-56-48-40-32-24-16-8;26-5-1(6(27)14(35)21(42)13(5)34)25(2-7(28)15(36)22(43)16(37)8(2)29,3-9(30)17(38)23(44)18(39)10(3)31)4-11(32)19(40)24(45)20(41)12(4)33/h9-80H2,1-8H3;/q+1;-1. The first-order chi connectivity index (χ1) is 63.7. The molecule has 0 bridgehead atoms. The molecule has 0 heterocycles. The SMILES string of the molecule is CCCCCCCCCCc1c(CCCCCCCCCC)c(CCCCCCCCCC)c([N+](CCCCCCCCCC)(CCCCCCCCCC)CCCCCCCCCC)c(CCCCCCCCCC)c1CCCCCCCCCC.Fc1c(F)c(F)c([B-](c2c(F)c(F)c(F)c(F)c2F)(c2c(F)c(F)c(F)c(F)c2F)c2c(F)c(F)c(F)c(F)c2F)c(F)c1F. The van der Waals surface area contributed by atoms with Gasteiger partial charge in [-0.3, -0.25) is 4.48 Å². The minimum absolute atomic E-state index is 1.36. The fourth-order valence-electron chi connectivity index (χ4n) is 20.4. The molecule has 0 spiro atoms. The largest absolute Gasteiger partial charge is 0.291 e. The Balaban J connectivity index is 0.000000671. The Kier molecular flexibility index (Phi) is 62.0. The van der Waals surface area contributed by atoms with Crippen LogP contribution >= 0.6 is 0 Å². The Morgan fingerprint density at radius 1 is 0.136 bits per heavy atom. The average Bonchev–Trinajstić information content (AvgIpc) is 0.679. The van der Waals surface area contributed by atoms with Gasteiger partial charge in [-0.25, -0.2) is 87.8 Å². The van der Waals surface area contributed by atoms with Gasteiger partial charge in [-0.1, -0.05) is 396 Å². The van der Waals surface area contributed by atoms with E-state index in [0.717, 1.165) is 0 Å². The molecule has 0 fully saturated rings. The van der Waals surface area contributed by atoms with E-state index < -0.39 is 144 Å². The first-order valence-corrected chi connectivity index (χ1v) is 53.0. The smallest absolute Gasteiger partial charge is 0.200 e. The van der Waals surface area contributed by atoms with Gasteiger partial charge >= 0.3 is 0 Å². The molecule has 0 amide bonds. The van der Waals surface area contributed by atoms with Gasteiger partial charge in [0.15, 0.2) is 69.8 Å². The van der Waals surface area contributed by atoms with Crippen LogP contribution in [0.5, 0.6) is 0 Å². The topological polar surface area (TPSA) is 0 Å². The number of hydrogen-bond donors (Lipinski definition) is 0. The van der Waals surface area contributed by atoms with Crippen LogP contribution < -0.4 is 26.3 Å². The fourth-order valence-corrected chi connectivity index (χ4v) is 20.4. The second-order valence-corrected chi connectivity index (χ2v) is 38.4. The summed E-state index contributed by atoms with van der Waals surface area (Å²) < 4.78 is 295. The van der Waals surface area contributed by atoms with Gasteiger partial charge in [0, 0.05) is 11.1 Å². The lowest BCUT2D eigenvalue weighted by molar-refractivity contribution is 0.248. The van der Waals surface area contributed by atoms with Crippen molar-refractivity contribution in [2.45, 2.75) is 498 Å². The van der Waals surface area contributed by atoms with Crippen molar-refractivity contribution in [2.24, 2.45) is 0 Å². The Morgan fingerprint density at radius 2 is 0.250 bits per heavy atom. The Labute approximate surface area is 784 Å². The van der Waals surface area contributed by atoms with Gasteiger partial charge in [-0.15, -0.1) is 21.9 Å². The molecule has 5 aromatic rings. The molecule has 0 unspecified atom stereocenters. The molecule has 132 heavy (non-hydrogen) atoms. The number of quaternary nitrogens is 1. The maximum Gasteiger partial charge on any atom is 0.200 e. The Morgan fingerprint density at radius 3 is 0.402 bits per heavy atom. The molecule has 1 nitrogen and oxygen atoms in total. The Hall–Kier alpha value is -5.28. The van der Waals surface area contributed by atoms with Crippen molar-refractivity contribution in [2.75, 3.05) is 19.6 Å². The maximum atomic E-state index is 15.4. The van der Waals surface area contributed by atoms with Gasteiger partial charge in [0.2, 0.25) is 0 Å². The number of rotatable bonds is 77. The zero-order valence-electron chi connectivity index (χ0n) is 82.5. The minimum Gasteiger partial charge on any atom is -0.291 e. The highest BCUT2D eigenvalue weighted by atomic mass is 19.2. The van der Waals surface area contributed by atoms with Crippen molar-refractivity contribution in [3.63, 3.8) is 0 Å². The third kappa shape index (κ3) is 36.8. The zero-order chi connectivity index (χ0) is 97.2. The van der Waals surface area contributed by atoms with Gasteiger partial charge < -0.3 is 0 Å². The second-order valence-electron chi connectivity index (χ2n) is 38.4. The number of hydrogen-bond acceptors (Lipinski definition) is 0. The lowest BCUT2D eigenvalue weighted by Crippen LogP contribution is -2.81. The first-order valence-electron chi connectivity index (χ1n) is 53.0. The summed E-state index contributed by atoms with van der Waals surface area (Å²) in [6, 6.07) is 0. The summed E-state index contributed by atoms with van der Waals surface area (Å²) in [4.78, 5) is 0. The van der Waals surface area contributed by atoms with Crippen LogP contribution in [0.1, 0.15) is 494 Å². The molecule has 5 aromatic carbocycles. The first kappa shape index (κ1) is 119. The van der Waals surface area contributed by atoms with Crippen LogP contribution in [0.25, 0.3) is 0 Å². The lowest BCUT2D eigenvalue weighted by atomic mass is 9.12. The van der Waals surface area contributed by atoms with E-state index in [-0.39, 0.29) is 0 Å². The third-order valence-electron chi connectivity index (χ3n) is 27.9. The summed E-state index contributed by atoms with van der Waals surface area (Å²) in [6.45, 7) is 23.4. The molecule has 0 N–H and O–H groups in total. The highest BCUT2D eigenvalue weighted by molar-refractivity contribution is 7.20. The van der Waals surface area contributed by atoms with Gasteiger partial charge in [0.25, 0.3) is 0 Å². The number of benzene rings is 5. The average molecular weight is 1900 g/mol. The number of nitrogens with zero attached hydrogens (tertiary/aromatic N) is 1. The molecule has 756 valence electrons. The number of unbranched alkanes of at least 4 members (excludes halogenated alkanes) is 56. The molecule has 0 aromatic heterocycles. The molecule has 0 aliphatic heterocycles. The summed E-state index contributed by atoms with van der Waals surface area (Å²) in [7, 11) is 0. The molecular formula is C110H168BF20N. The summed E-state index contributed by atoms with van der Waals surface area (Å²) in [5.74, 6) is -71.4. The molecule has 0 aliphatic rings. The van der Waals surface area contributed by atoms with E-state index in [9.17, 15) is 52.7 Å². The highest BCUT2D eigenvalue weighted by Gasteiger charge is 2.53. The van der Waals surface area contributed by atoms with E-state index >= 15 is 35.1 Å². The van der Waals surface area contributed by atoms with Crippen LogP contribution in [-0.4, -0.2) is 25.8 Å². The predicted molar refractivity (Wildman–Crippen MR) is 511 cm³/mol. The van der Waals surface area contributed by atoms with Crippen molar-refractivity contribution in [1.29, 1.82) is 0 Å². The van der Waals surface area contributed by atoms with Crippen molar-refractivity contribution in [3.05, 3.63) is 144 Å².